The first-order chi connectivity index (χ1) is 13.1. The lowest BCUT2D eigenvalue weighted by molar-refractivity contribution is -0.0411. The van der Waals surface area contributed by atoms with Crippen molar-refractivity contribution in [3.05, 3.63) is 58.7 Å². The summed E-state index contributed by atoms with van der Waals surface area (Å²) in [4.78, 5) is 14.6. The molecule has 140 valence electrons. The van der Waals surface area contributed by atoms with Gasteiger partial charge < -0.3 is 10.1 Å². The average molecular weight is 370 g/mol. The molecule has 2 aromatic carbocycles. The summed E-state index contributed by atoms with van der Waals surface area (Å²) < 4.78 is 33.5. The zero-order valence-corrected chi connectivity index (χ0v) is 14.8. The molecule has 4 nitrogen and oxygen atoms in total. The number of likely N-dealkylation sites (tertiary alicyclic amines) is 1. The van der Waals surface area contributed by atoms with Crippen LogP contribution >= 0.6 is 0 Å². The number of nitrogens with zero attached hydrogens (tertiary/aromatic N) is 1. The lowest BCUT2D eigenvalue weighted by atomic mass is 9.94. The van der Waals surface area contributed by atoms with Gasteiger partial charge in [-0.2, -0.15) is 0 Å². The second kappa shape index (κ2) is 6.39. The summed E-state index contributed by atoms with van der Waals surface area (Å²) in [5, 5.41) is 2.86. The van der Waals surface area contributed by atoms with Crippen molar-refractivity contribution < 1.29 is 18.3 Å². The molecule has 1 amide bonds. The van der Waals surface area contributed by atoms with Gasteiger partial charge in [0.1, 0.15) is 11.6 Å². The molecular weight excluding hydrogens is 350 g/mol. The Kier molecular flexibility index (Phi) is 3.98. The SMILES string of the molecule is O=C1NCc2c(CN3CC4CCC(C3)O4)cc(-c3ccc(F)cc3F)cc21. The first-order valence-electron chi connectivity index (χ1n) is 9.34. The zero-order chi connectivity index (χ0) is 18.5. The predicted octanol–water partition coefficient (Wildman–Crippen LogP) is 3.24. The highest BCUT2D eigenvalue weighted by Gasteiger charge is 2.34. The molecule has 5 rings (SSSR count). The van der Waals surface area contributed by atoms with Gasteiger partial charge in [-0.3, -0.25) is 9.69 Å². The number of morpholine rings is 1. The molecule has 27 heavy (non-hydrogen) atoms. The van der Waals surface area contributed by atoms with E-state index in [1.807, 2.05) is 6.07 Å². The Hall–Kier alpha value is -2.31. The normalized spacial score (nSPS) is 24.1. The number of hydrogen-bond acceptors (Lipinski definition) is 3. The first-order valence-corrected chi connectivity index (χ1v) is 9.34. The van der Waals surface area contributed by atoms with Crippen molar-refractivity contribution >= 4 is 5.91 Å². The van der Waals surface area contributed by atoms with Gasteiger partial charge in [-0.1, -0.05) is 0 Å². The molecule has 3 heterocycles. The Labute approximate surface area is 156 Å². The fourth-order valence-electron chi connectivity index (χ4n) is 4.50. The van der Waals surface area contributed by atoms with Crippen LogP contribution in [0.5, 0.6) is 0 Å². The monoisotopic (exact) mass is 370 g/mol. The topological polar surface area (TPSA) is 41.6 Å². The molecule has 2 unspecified atom stereocenters. The van der Waals surface area contributed by atoms with Crippen molar-refractivity contribution in [3.63, 3.8) is 0 Å². The van der Waals surface area contributed by atoms with Crippen LogP contribution in [0.1, 0.15) is 34.3 Å². The van der Waals surface area contributed by atoms with Crippen molar-refractivity contribution in [2.24, 2.45) is 0 Å². The van der Waals surface area contributed by atoms with Gasteiger partial charge in [0.05, 0.1) is 12.2 Å². The molecule has 3 aliphatic rings. The largest absolute Gasteiger partial charge is 0.372 e. The second-order valence-electron chi connectivity index (χ2n) is 7.62. The summed E-state index contributed by atoms with van der Waals surface area (Å²) in [5.41, 5.74) is 3.50. The van der Waals surface area contributed by atoms with Crippen LogP contribution < -0.4 is 5.32 Å². The Bertz CT molecular complexity index is 919. The lowest BCUT2D eigenvalue weighted by Gasteiger charge is -2.32. The van der Waals surface area contributed by atoms with Crippen LogP contribution in [0.25, 0.3) is 11.1 Å². The van der Waals surface area contributed by atoms with Gasteiger partial charge in [0.2, 0.25) is 0 Å². The van der Waals surface area contributed by atoms with Gasteiger partial charge in [0, 0.05) is 43.4 Å². The fourth-order valence-corrected chi connectivity index (χ4v) is 4.50. The molecule has 2 fully saturated rings. The van der Waals surface area contributed by atoms with Gasteiger partial charge in [0.15, 0.2) is 0 Å². The Morgan fingerprint density at radius 3 is 2.59 bits per heavy atom. The predicted molar refractivity (Wildman–Crippen MR) is 96.1 cm³/mol. The van der Waals surface area contributed by atoms with Crippen LogP contribution in [0.3, 0.4) is 0 Å². The van der Waals surface area contributed by atoms with Crippen molar-refractivity contribution in [2.75, 3.05) is 13.1 Å². The highest BCUT2D eigenvalue weighted by Crippen LogP contribution is 2.33. The standard InChI is InChI=1S/C21H20F2N2O2/c22-14-1-4-17(20(23)7-14)12-5-13(19-8-24-21(26)18(19)6-12)9-25-10-15-2-3-16(11-25)27-15/h1,4-7,15-16H,2-3,8-11H2,(H,24,26). The van der Waals surface area contributed by atoms with Crippen LogP contribution in [0, 0.1) is 11.6 Å². The van der Waals surface area contributed by atoms with Crippen molar-refractivity contribution in [2.45, 2.75) is 38.1 Å². The van der Waals surface area contributed by atoms with E-state index < -0.39 is 11.6 Å². The summed E-state index contributed by atoms with van der Waals surface area (Å²) in [6.07, 6.45) is 2.77. The molecule has 0 radical (unpaired) electrons. The van der Waals surface area contributed by atoms with E-state index in [9.17, 15) is 13.6 Å². The molecule has 6 heteroatoms. The Morgan fingerprint density at radius 1 is 1.07 bits per heavy atom. The van der Waals surface area contributed by atoms with E-state index in [-0.39, 0.29) is 18.1 Å². The maximum absolute atomic E-state index is 14.3. The number of rotatable bonds is 3. The smallest absolute Gasteiger partial charge is 0.251 e. The molecule has 1 N–H and O–H groups in total. The number of carbonyl (C=O) groups is 1. The summed E-state index contributed by atoms with van der Waals surface area (Å²) >= 11 is 0. The van der Waals surface area contributed by atoms with E-state index in [1.54, 1.807) is 6.07 Å². The van der Waals surface area contributed by atoms with Crippen LogP contribution in [-0.2, 0) is 17.8 Å². The average Bonchev–Trinajstić information content (AvgIpc) is 3.17. The quantitative estimate of drug-likeness (QED) is 0.902. The minimum Gasteiger partial charge on any atom is -0.372 e. The number of carbonyl (C=O) groups excluding carboxylic acids is 1. The molecule has 3 aliphatic heterocycles. The minimum absolute atomic E-state index is 0.141. The number of amides is 1. The second-order valence-corrected chi connectivity index (χ2v) is 7.62. The van der Waals surface area contributed by atoms with E-state index in [0.717, 1.165) is 43.1 Å². The first kappa shape index (κ1) is 16.8. The van der Waals surface area contributed by atoms with Gasteiger partial charge in [-0.05, 0) is 53.8 Å². The van der Waals surface area contributed by atoms with Gasteiger partial charge in [0.25, 0.3) is 5.91 Å². The van der Waals surface area contributed by atoms with Gasteiger partial charge in [-0.25, -0.2) is 8.78 Å². The van der Waals surface area contributed by atoms with Gasteiger partial charge in [-0.15, -0.1) is 0 Å². The van der Waals surface area contributed by atoms with E-state index >= 15 is 0 Å². The fraction of sp³-hybridized carbons (Fsp3) is 0.381. The maximum Gasteiger partial charge on any atom is 0.251 e. The van der Waals surface area contributed by atoms with E-state index in [4.69, 9.17) is 4.74 Å². The maximum atomic E-state index is 14.3. The highest BCUT2D eigenvalue weighted by atomic mass is 19.1. The molecule has 0 saturated carbocycles. The molecule has 0 spiro atoms. The van der Waals surface area contributed by atoms with Crippen LogP contribution in [-0.4, -0.2) is 36.1 Å². The number of nitrogens with one attached hydrogen (secondary N) is 1. The number of ether oxygens (including phenoxy) is 1. The highest BCUT2D eigenvalue weighted by molar-refractivity contribution is 6.00. The van der Waals surface area contributed by atoms with Crippen molar-refractivity contribution in [1.82, 2.24) is 10.2 Å². The zero-order valence-electron chi connectivity index (χ0n) is 14.8. The summed E-state index contributed by atoms with van der Waals surface area (Å²) in [6, 6.07) is 7.19. The minimum atomic E-state index is -0.622. The van der Waals surface area contributed by atoms with Gasteiger partial charge >= 0.3 is 0 Å². The number of benzene rings is 2. The van der Waals surface area contributed by atoms with E-state index in [1.165, 1.54) is 12.1 Å². The van der Waals surface area contributed by atoms with Crippen molar-refractivity contribution in [1.29, 1.82) is 0 Å². The van der Waals surface area contributed by atoms with E-state index in [2.05, 4.69) is 10.2 Å². The molecule has 0 aliphatic carbocycles. The summed E-state index contributed by atoms with van der Waals surface area (Å²) in [7, 11) is 0. The van der Waals surface area contributed by atoms with E-state index in [0.29, 0.717) is 29.8 Å². The third kappa shape index (κ3) is 3.03. The molecule has 2 atom stereocenters. The molecule has 2 saturated heterocycles. The number of halogens is 2. The molecule has 2 aromatic rings. The Balaban J connectivity index is 1.53. The molecular formula is C21H20F2N2O2. The third-order valence-corrected chi connectivity index (χ3v) is 5.77. The number of fused-ring (bicyclic) bond motifs is 3. The molecule has 2 bridgehead atoms. The summed E-state index contributed by atoms with van der Waals surface area (Å²) in [6.45, 7) is 2.95. The Morgan fingerprint density at radius 2 is 1.85 bits per heavy atom. The van der Waals surface area contributed by atoms with Crippen LogP contribution in [0.15, 0.2) is 30.3 Å². The van der Waals surface area contributed by atoms with Crippen LogP contribution in [0.2, 0.25) is 0 Å². The molecule has 0 aromatic heterocycles. The number of hydrogen-bond donors (Lipinski definition) is 1. The van der Waals surface area contributed by atoms with Crippen LogP contribution in [0.4, 0.5) is 8.78 Å². The summed E-state index contributed by atoms with van der Waals surface area (Å²) in [5.74, 6) is -1.37. The third-order valence-electron chi connectivity index (χ3n) is 5.77. The lowest BCUT2D eigenvalue weighted by Crippen LogP contribution is -2.42. The van der Waals surface area contributed by atoms with Crippen molar-refractivity contribution in [3.8, 4) is 11.1 Å².